The Kier molecular flexibility index (Phi) is 3.97. The second-order valence-electron chi connectivity index (χ2n) is 6.60. The van der Waals surface area contributed by atoms with Crippen molar-refractivity contribution in [3.63, 3.8) is 0 Å². The third-order valence-electron chi connectivity index (χ3n) is 5.09. The topological polar surface area (TPSA) is 50.1 Å². The molecule has 0 spiro atoms. The van der Waals surface area contributed by atoms with Crippen LogP contribution < -0.4 is 0 Å². The fourth-order valence-corrected chi connectivity index (χ4v) is 3.79. The molecule has 2 aromatic rings. The van der Waals surface area contributed by atoms with Crippen molar-refractivity contribution in [2.75, 3.05) is 39.4 Å². The van der Waals surface area contributed by atoms with Crippen molar-refractivity contribution in [3.8, 4) is 0 Å². The van der Waals surface area contributed by atoms with Gasteiger partial charge in [-0.25, -0.2) is 9.37 Å². The fraction of sp³-hybridized carbons (Fsp3) is 0.529. The summed E-state index contributed by atoms with van der Waals surface area (Å²) < 4.78 is 20.8. The van der Waals surface area contributed by atoms with Gasteiger partial charge in [-0.2, -0.15) is 0 Å². The number of hydrogen-bond acceptors (Lipinski definition) is 4. The third kappa shape index (κ3) is 2.57. The number of halogens is 1. The summed E-state index contributed by atoms with van der Waals surface area (Å²) in [4.78, 5) is 21.3. The molecule has 0 N–H and O–H groups in total. The molecule has 2 aliphatic heterocycles. The number of fused-ring (bicyclic) bond motifs is 1. The average molecular weight is 332 g/mol. The van der Waals surface area contributed by atoms with E-state index in [1.807, 2.05) is 4.90 Å². The summed E-state index contributed by atoms with van der Waals surface area (Å²) in [6, 6.07) is 3.31. The van der Waals surface area contributed by atoms with Crippen LogP contribution in [-0.2, 0) is 4.74 Å². The van der Waals surface area contributed by atoms with Gasteiger partial charge < -0.3 is 9.64 Å². The van der Waals surface area contributed by atoms with Gasteiger partial charge in [-0.05, 0) is 18.1 Å². The summed E-state index contributed by atoms with van der Waals surface area (Å²) in [5.74, 6) is 0.169. The molecule has 2 aliphatic rings. The smallest absolute Gasteiger partial charge is 0.290 e. The third-order valence-corrected chi connectivity index (χ3v) is 5.09. The van der Waals surface area contributed by atoms with E-state index < -0.39 is 0 Å². The quantitative estimate of drug-likeness (QED) is 0.831. The van der Waals surface area contributed by atoms with Crippen LogP contribution in [0.1, 0.15) is 17.5 Å². The molecule has 0 saturated carbocycles. The van der Waals surface area contributed by atoms with Crippen LogP contribution in [-0.4, -0.2) is 70.5 Å². The molecule has 2 saturated heterocycles. The molecule has 2 fully saturated rings. The minimum absolute atomic E-state index is 0.136. The Hall–Kier alpha value is -1.99. The lowest BCUT2D eigenvalue weighted by molar-refractivity contribution is 0.0119. The monoisotopic (exact) mass is 332 g/mol. The maximum absolute atomic E-state index is 13.8. The number of imidazole rings is 1. The highest BCUT2D eigenvalue weighted by atomic mass is 19.1. The highest BCUT2D eigenvalue weighted by molar-refractivity contribution is 5.92. The van der Waals surface area contributed by atoms with E-state index in [4.69, 9.17) is 4.74 Å². The van der Waals surface area contributed by atoms with Crippen LogP contribution >= 0.6 is 0 Å². The molecule has 2 atom stereocenters. The van der Waals surface area contributed by atoms with Gasteiger partial charge in [0.2, 0.25) is 5.82 Å². The minimum Gasteiger partial charge on any atom is -0.379 e. The van der Waals surface area contributed by atoms with Crippen molar-refractivity contribution in [1.29, 1.82) is 0 Å². The van der Waals surface area contributed by atoms with Crippen LogP contribution in [0.25, 0.3) is 5.52 Å². The summed E-state index contributed by atoms with van der Waals surface area (Å²) >= 11 is 0. The molecule has 0 bridgehead atoms. The molecule has 128 valence electrons. The first-order valence-electron chi connectivity index (χ1n) is 8.38. The normalized spacial score (nSPS) is 25.5. The van der Waals surface area contributed by atoms with Gasteiger partial charge in [-0.3, -0.25) is 14.1 Å². The number of ether oxygens (including phenoxy) is 1. The minimum atomic E-state index is -0.370. The molecule has 2 aromatic heterocycles. The fourth-order valence-electron chi connectivity index (χ4n) is 3.79. The Bertz CT molecular complexity index is 756. The zero-order valence-corrected chi connectivity index (χ0v) is 13.7. The van der Waals surface area contributed by atoms with E-state index in [1.165, 1.54) is 16.7 Å². The largest absolute Gasteiger partial charge is 0.379 e. The summed E-state index contributed by atoms with van der Waals surface area (Å²) in [5, 5.41) is 0. The maximum atomic E-state index is 13.8. The first-order chi connectivity index (χ1) is 11.6. The number of likely N-dealkylation sites (tertiary alicyclic amines) is 1. The van der Waals surface area contributed by atoms with Crippen LogP contribution in [0.3, 0.4) is 0 Å². The van der Waals surface area contributed by atoms with E-state index in [-0.39, 0.29) is 17.5 Å². The van der Waals surface area contributed by atoms with Crippen LogP contribution in [0, 0.1) is 11.7 Å². The number of aromatic nitrogens is 2. The second kappa shape index (κ2) is 6.14. The van der Waals surface area contributed by atoms with Gasteiger partial charge in [0, 0.05) is 38.4 Å². The van der Waals surface area contributed by atoms with Gasteiger partial charge in [0.25, 0.3) is 5.91 Å². The SMILES string of the molecule is CC1CN(C(=O)c2ncc3c(F)cccn23)CC1N1CCOCC1. The van der Waals surface area contributed by atoms with Crippen molar-refractivity contribution in [1.82, 2.24) is 19.2 Å². The zero-order chi connectivity index (χ0) is 16.7. The maximum Gasteiger partial charge on any atom is 0.290 e. The molecular formula is C17H21FN4O2. The Balaban J connectivity index is 1.55. The van der Waals surface area contributed by atoms with E-state index in [2.05, 4.69) is 16.8 Å². The highest BCUT2D eigenvalue weighted by Crippen LogP contribution is 2.24. The molecule has 0 radical (unpaired) electrons. The number of nitrogens with zero attached hydrogens (tertiary/aromatic N) is 4. The summed E-state index contributed by atoms with van der Waals surface area (Å²) in [7, 11) is 0. The van der Waals surface area contributed by atoms with Gasteiger partial charge in [-0.1, -0.05) is 6.92 Å². The zero-order valence-electron chi connectivity index (χ0n) is 13.7. The van der Waals surface area contributed by atoms with Crippen molar-refractivity contribution >= 4 is 11.4 Å². The number of morpholine rings is 1. The van der Waals surface area contributed by atoms with Crippen molar-refractivity contribution < 1.29 is 13.9 Å². The van der Waals surface area contributed by atoms with E-state index in [9.17, 15) is 9.18 Å². The van der Waals surface area contributed by atoms with Crippen LogP contribution in [0.4, 0.5) is 4.39 Å². The summed E-state index contributed by atoms with van der Waals surface area (Å²) in [6.07, 6.45) is 3.10. The number of pyridine rings is 1. The van der Waals surface area contributed by atoms with Gasteiger partial charge in [-0.15, -0.1) is 0 Å². The number of carbonyl (C=O) groups is 1. The molecule has 1 amide bonds. The van der Waals surface area contributed by atoms with Gasteiger partial charge in [0.1, 0.15) is 11.3 Å². The molecular weight excluding hydrogens is 311 g/mol. The molecule has 6 nitrogen and oxygen atoms in total. The Morgan fingerprint density at radius 2 is 2.12 bits per heavy atom. The second-order valence-corrected chi connectivity index (χ2v) is 6.60. The molecule has 0 aromatic carbocycles. The summed E-state index contributed by atoms with van der Waals surface area (Å²) in [6.45, 7) is 6.89. The number of rotatable bonds is 2. The molecule has 7 heteroatoms. The van der Waals surface area contributed by atoms with E-state index in [1.54, 1.807) is 12.3 Å². The molecule has 4 rings (SSSR count). The lowest BCUT2D eigenvalue weighted by Crippen LogP contribution is -2.47. The van der Waals surface area contributed by atoms with Crippen LogP contribution in [0.2, 0.25) is 0 Å². The molecule has 24 heavy (non-hydrogen) atoms. The van der Waals surface area contributed by atoms with Crippen molar-refractivity contribution in [2.45, 2.75) is 13.0 Å². The van der Waals surface area contributed by atoms with Gasteiger partial charge >= 0.3 is 0 Å². The first kappa shape index (κ1) is 15.5. The molecule has 4 heterocycles. The highest BCUT2D eigenvalue weighted by Gasteiger charge is 2.37. The summed E-state index contributed by atoms with van der Waals surface area (Å²) in [5.41, 5.74) is 0.331. The predicted octanol–water partition coefficient (Wildman–Crippen LogP) is 1.27. The molecule has 2 unspecified atom stereocenters. The lowest BCUT2D eigenvalue weighted by atomic mass is 10.0. The number of amides is 1. The van der Waals surface area contributed by atoms with E-state index in [0.717, 1.165) is 26.3 Å². The first-order valence-corrected chi connectivity index (χ1v) is 8.38. The lowest BCUT2D eigenvalue weighted by Gasteiger charge is -2.33. The Morgan fingerprint density at radius 3 is 2.92 bits per heavy atom. The Morgan fingerprint density at radius 1 is 1.33 bits per heavy atom. The van der Waals surface area contributed by atoms with E-state index in [0.29, 0.717) is 30.6 Å². The number of carbonyl (C=O) groups excluding carboxylic acids is 1. The van der Waals surface area contributed by atoms with Gasteiger partial charge in [0.05, 0.1) is 19.4 Å². The van der Waals surface area contributed by atoms with Crippen LogP contribution in [0.5, 0.6) is 0 Å². The Labute approximate surface area is 139 Å². The molecule has 0 aliphatic carbocycles. The van der Waals surface area contributed by atoms with E-state index >= 15 is 0 Å². The average Bonchev–Trinajstić information content (AvgIpc) is 3.20. The van der Waals surface area contributed by atoms with Gasteiger partial charge in [0.15, 0.2) is 0 Å². The van der Waals surface area contributed by atoms with Crippen molar-refractivity contribution in [2.24, 2.45) is 5.92 Å². The number of hydrogen-bond donors (Lipinski definition) is 0. The predicted molar refractivity (Wildman–Crippen MR) is 86.4 cm³/mol. The standard InChI is InChI=1S/C17H21FN4O2/c1-12-10-21(11-15(12)20-5-7-24-8-6-20)17(23)16-19-9-14-13(18)3-2-4-22(14)16/h2-4,9,12,15H,5-8,10-11H2,1H3. The van der Waals surface area contributed by atoms with Crippen molar-refractivity contribution in [3.05, 3.63) is 36.2 Å². The van der Waals surface area contributed by atoms with Crippen LogP contribution in [0.15, 0.2) is 24.5 Å².